The monoisotopic (exact) mass is 410 g/mol. The first-order valence-electron chi connectivity index (χ1n) is 10.2. The molecule has 1 saturated carbocycles. The molecule has 3 heterocycles. The predicted molar refractivity (Wildman–Crippen MR) is 110 cm³/mol. The summed E-state index contributed by atoms with van der Waals surface area (Å²) in [5, 5.41) is 17.2. The van der Waals surface area contributed by atoms with Gasteiger partial charge in [-0.15, -0.1) is 10.2 Å². The zero-order valence-electron chi connectivity index (χ0n) is 16.1. The van der Waals surface area contributed by atoms with Crippen molar-refractivity contribution in [3.63, 3.8) is 0 Å². The number of hydrogen-bond donors (Lipinski definition) is 1. The van der Waals surface area contributed by atoms with Crippen LogP contribution < -0.4 is 5.32 Å². The van der Waals surface area contributed by atoms with Crippen LogP contribution >= 0.6 is 11.6 Å². The smallest absolute Gasteiger partial charge is 0.317 e. The first kappa shape index (κ1) is 18.4. The molecular weight excluding hydrogens is 388 g/mol. The number of nitrogens with zero attached hydrogens (tertiary/aromatic N) is 5. The van der Waals surface area contributed by atoms with Gasteiger partial charge in [0.05, 0.1) is 5.69 Å². The molecule has 29 heavy (non-hydrogen) atoms. The highest BCUT2D eigenvalue weighted by Crippen LogP contribution is 2.39. The molecule has 7 nitrogen and oxygen atoms in total. The molecule has 2 aliphatic rings. The molecule has 2 fully saturated rings. The summed E-state index contributed by atoms with van der Waals surface area (Å²) in [5.41, 5.74) is 2.97. The van der Waals surface area contributed by atoms with Gasteiger partial charge in [0, 0.05) is 36.5 Å². The summed E-state index contributed by atoms with van der Waals surface area (Å²) in [6, 6.07) is 11.6. The third kappa shape index (κ3) is 3.92. The van der Waals surface area contributed by atoms with E-state index in [9.17, 15) is 4.79 Å². The van der Waals surface area contributed by atoms with E-state index in [-0.39, 0.29) is 11.9 Å². The van der Waals surface area contributed by atoms with Crippen LogP contribution in [0, 0.1) is 0 Å². The van der Waals surface area contributed by atoms with Crippen LogP contribution in [-0.2, 0) is 6.54 Å². The molecule has 1 aliphatic heterocycles. The van der Waals surface area contributed by atoms with Crippen LogP contribution in [-0.4, -0.2) is 43.8 Å². The minimum atomic E-state index is -0.0290. The van der Waals surface area contributed by atoms with Crippen LogP contribution in [0.1, 0.15) is 54.6 Å². The average Bonchev–Trinajstić information content (AvgIpc) is 3.52. The van der Waals surface area contributed by atoms with Gasteiger partial charge in [-0.3, -0.25) is 0 Å². The molecule has 0 spiro atoms. The maximum absolute atomic E-state index is 12.5. The summed E-state index contributed by atoms with van der Waals surface area (Å²) >= 11 is 5.90. The first-order valence-corrected chi connectivity index (χ1v) is 10.5. The Morgan fingerprint density at radius 1 is 1.00 bits per heavy atom. The second-order valence-corrected chi connectivity index (χ2v) is 8.34. The molecule has 8 heteroatoms. The molecule has 0 radical (unpaired) electrons. The molecule has 2 aromatic heterocycles. The van der Waals surface area contributed by atoms with Crippen molar-refractivity contribution < 1.29 is 4.79 Å². The van der Waals surface area contributed by atoms with E-state index in [1.807, 2.05) is 39.7 Å². The topological polar surface area (TPSA) is 75.4 Å². The fourth-order valence-corrected chi connectivity index (χ4v) is 4.03. The number of fused-ring (bicyclic) bond motifs is 1. The van der Waals surface area contributed by atoms with Crippen LogP contribution in [0.2, 0.25) is 5.02 Å². The van der Waals surface area contributed by atoms with Gasteiger partial charge in [0.15, 0.2) is 11.5 Å². The molecule has 0 atom stereocenters. The Morgan fingerprint density at radius 3 is 2.48 bits per heavy atom. The summed E-state index contributed by atoms with van der Waals surface area (Å²) in [7, 11) is 0. The van der Waals surface area contributed by atoms with Crippen LogP contribution in [0.25, 0.3) is 5.65 Å². The standard InChI is InChI=1S/C21H23ClN6O/c22-17-5-1-14(2-6-17)13-23-21(29)27-11-9-16(10-12-27)20-25-24-19-8-7-18(15-3-4-15)26-28(19)20/h1-2,5-8,15-16H,3-4,9-13H2,(H,23,29). The van der Waals surface area contributed by atoms with E-state index in [0.29, 0.717) is 30.6 Å². The van der Waals surface area contributed by atoms with Crippen molar-refractivity contribution in [2.75, 3.05) is 13.1 Å². The summed E-state index contributed by atoms with van der Waals surface area (Å²) < 4.78 is 1.91. The number of carbonyl (C=O) groups is 1. The van der Waals surface area contributed by atoms with E-state index in [2.05, 4.69) is 21.6 Å². The van der Waals surface area contributed by atoms with Crippen molar-refractivity contribution in [2.45, 2.75) is 44.1 Å². The first-order chi connectivity index (χ1) is 14.2. The lowest BCUT2D eigenvalue weighted by atomic mass is 9.96. The number of urea groups is 1. The molecule has 5 rings (SSSR count). The zero-order chi connectivity index (χ0) is 19.8. The number of aromatic nitrogens is 4. The highest BCUT2D eigenvalue weighted by atomic mass is 35.5. The Hall–Kier alpha value is -2.67. The normalized spacial score (nSPS) is 17.6. The third-order valence-corrected chi connectivity index (χ3v) is 6.06. The maximum Gasteiger partial charge on any atom is 0.317 e. The number of halogens is 1. The van der Waals surface area contributed by atoms with E-state index in [1.165, 1.54) is 12.8 Å². The lowest BCUT2D eigenvalue weighted by Crippen LogP contribution is -2.44. The molecule has 3 aromatic rings. The molecular formula is C21H23ClN6O. The second-order valence-electron chi connectivity index (χ2n) is 7.91. The van der Waals surface area contributed by atoms with Crippen LogP contribution in [0.3, 0.4) is 0 Å². The van der Waals surface area contributed by atoms with Crippen molar-refractivity contribution in [1.29, 1.82) is 0 Å². The van der Waals surface area contributed by atoms with E-state index < -0.39 is 0 Å². The SMILES string of the molecule is O=C(NCc1ccc(Cl)cc1)N1CCC(c2nnc3ccc(C4CC4)nn23)CC1. The van der Waals surface area contributed by atoms with Gasteiger partial charge in [0.2, 0.25) is 0 Å². The summed E-state index contributed by atoms with van der Waals surface area (Å²) in [6.45, 7) is 1.90. The number of rotatable bonds is 4. The predicted octanol–water partition coefficient (Wildman–Crippen LogP) is 3.74. The van der Waals surface area contributed by atoms with Crippen molar-refractivity contribution in [2.24, 2.45) is 0 Å². The Labute approximate surface area is 174 Å². The lowest BCUT2D eigenvalue weighted by molar-refractivity contribution is 0.179. The quantitative estimate of drug-likeness (QED) is 0.710. The number of amides is 2. The molecule has 1 aromatic carbocycles. The summed E-state index contributed by atoms with van der Waals surface area (Å²) in [5.74, 6) is 1.79. The minimum Gasteiger partial charge on any atom is -0.334 e. The van der Waals surface area contributed by atoms with Crippen molar-refractivity contribution in [3.8, 4) is 0 Å². The van der Waals surface area contributed by atoms with Crippen LogP contribution in [0.4, 0.5) is 4.79 Å². The van der Waals surface area contributed by atoms with Gasteiger partial charge in [-0.25, -0.2) is 4.79 Å². The van der Waals surface area contributed by atoms with Gasteiger partial charge < -0.3 is 10.2 Å². The van der Waals surface area contributed by atoms with E-state index in [0.717, 1.165) is 35.6 Å². The number of carbonyl (C=O) groups excluding carboxylic acids is 1. The molecule has 0 unspecified atom stereocenters. The van der Waals surface area contributed by atoms with Crippen LogP contribution in [0.15, 0.2) is 36.4 Å². The lowest BCUT2D eigenvalue weighted by Gasteiger charge is -2.31. The Kier molecular flexibility index (Phi) is 4.83. The van der Waals surface area contributed by atoms with Crippen molar-refractivity contribution in [3.05, 3.63) is 58.5 Å². The fraction of sp³-hybridized carbons (Fsp3) is 0.429. The van der Waals surface area contributed by atoms with Crippen molar-refractivity contribution >= 4 is 23.3 Å². The largest absolute Gasteiger partial charge is 0.334 e. The summed E-state index contributed by atoms with van der Waals surface area (Å²) in [4.78, 5) is 14.4. The average molecular weight is 411 g/mol. The molecule has 150 valence electrons. The van der Waals surface area contributed by atoms with Gasteiger partial charge in [0.1, 0.15) is 0 Å². The highest BCUT2D eigenvalue weighted by Gasteiger charge is 2.29. The zero-order valence-corrected chi connectivity index (χ0v) is 16.8. The number of nitrogens with one attached hydrogen (secondary N) is 1. The fourth-order valence-electron chi connectivity index (χ4n) is 3.90. The highest BCUT2D eigenvalue weighted by molar-refractivity contribution is 6.30. The van der Waals surface area contributed by atoms with Gasteiger partial charge >= 0.3 is 6.03 Å². The Morgan fingerprint density at radius 2 is 1.76 bits per heavy atom. The molecule has 1 saturated heterocycles. The minimum absolute atomic E-state index is 0.0290. The third-order valence-electron chi connectivity index (χ3n) is 5.81. The molecule has 2 amide bonds. The van der Waals surface area contributed by atoms with E-state index in [1.54, 1.807) is 0 Å². The Balaban J connectivity index is 1.20. The second kappa shape index (κ2) is 7.63. The van der Waals surface area contributed by atoms with Gasteiger partial charge in [-0.05, 0) is 55.5 Å². The van der Waals surface area contributed by atoms with Gasteiger partial charge in [-0.1, -0.05) is 23.7 Å². The van der Waals surface area contributed by atoms with Gasteiger partial charge in [0.25, 0.3) is 0 Å². The van der Waals surface area contributed by atoms with E-state index >= 15 is 0 Å². The van der Waals surface area contributed by atoms with Gasteiger partial charge in [-0.2, -0.15) is 9.61 Å². The van der Waals surface area contributed by atoms with E-state index in [4.69, 9.17) is 16.7 Å². The maximum atomic E-state index is 12.5. The van der Waals surface area contributed by atoms with Crippen molar-refractivity contribution in [1.82, 2.24) is 30.0 Å². The molecule has 0 bridgehead atoms. The molecule has 1 N–H and O–H groups in total. The Bertz CT molecular complexity index is 1020. The number of hydrogen-bond acceptors (Lipinski definition) is 4. The van der Waals surface area contributed by atoms with Crippen LogP contribution in [0.5, 0.6) is 0 Å². The number of piperidine rings is 1. The molecule has 1 aliphatic carbocycles. The summed E-state index contributed by atoms with van der Waals surface area (Å²) in [6.07, 6.45) is 4.17. The number of likely N-dealkylation sites (tertiary alicyclic amines) is 1. The number of benzene rings is 1.